The van der Waals surface area contributed by atoms with Crippen LogP contribution in [0.5, 0.6) is 0 Å². The number of aromatic nitrogens is 2. The van der Waals surface area contributed by atoms with E-state index in [2.05, 4.69) is 64.2 Å². The average molecular weight is 342 g/mol. The van der Waals surface area contributed by atoms with Gasteiger partial charge in [0.1, 0.15) is 0 Å². The van der Waals surface area contributed by atoms with Gasteiger partial charge in [-0.05, 0) is 37.1 Å². The summed E-state index contributed by atoms with van der Waals surface area (Å²) in [7, 11) is 0. The smallest absolute Gasteiger partial charge is 0.153 e. The summed E-state index contributed by atoms with van der Waals surface area (Å²) in [5.74, 6) is 0.521. The Hall–Kier alpha value is -2.07. The standard InChI is InChI=1S/C17H16BrN3/c1-10-7-8-14(18)13(9-10)16-15(17(19)21-20-16)12-6-4-3-5-11(12)2/h3-9H,1-2H3,(H3,19,20,21). The van der Waals surface area contributed by atoms with E-state index in [1.54, 1.807) is 0 Å². The Bertz CT molecular complexity index is 806. The van der Waals surface area contributed by atoms with Gasteiger partial charge in [-0.3, -0.25) is 5.10 Å². The Morgan fingerprint density at radius 2 is 1.81 bits per heavy atom. The van der Waals surface area contributed by atoms with Crippen molar-refractivity contribution in [3.05, 3.63) is 58.1 Å². The van der Waals surface area contributed by atoms with E-state index in [-0.39, 0.29) is 0 Å². The quantitative estimate of drug-likeness (QED) is 0.709. The number of nitrogens with one attached hydrogen (secondary N) is 1. The highest BCUT2D eigenvalue weighted by Crippen LogP contribution is 2.39. The lowest BCUT2D eigenvalue weighted by Gasteiger charge is -2.10. The summed E-state index contributed by atoms with van der Waals surface area (Å²) in [5, 5.41) is 7.29. The Balaban J connectivity index is 2.27. The first-order valence-corrected chi connectivity index (χ1v) is 7.53. The van der Waals surface area contributed by atoms with Crippen molar-refractivity contribution in [1.82, 2.24) is 10.2 Å². The monoisotopic (exact) mass is 341 g/mol. The molecule has 0 aliphatic carbocycles. The third-order valence-corrected chi connectivity index (χ3v) is 4.29. The molecule has 3 N–H and O–H groups in total. The predicted octanol–water partition coefficient (Wildman–Crippen LogP) is 4.71. The number of aryl methyl sites for hydroxylation is 2. The highest BCUT2D eigenvalue weighted by molar-refractivity contribution is 9.10. The second-order valence-corrected chi connectivity index (χ2v) is 6.01. The lowest BCUT2D eigenvalue weighted by atomic mass is 9.96. The van der Waals surface area contributed by atoms with Crippen LogP contribution in [-0.2, 0) is 0 Å². The fourth-order valence-electron chi connectivity index (χ4n) is 2.51. The van der Waals surface area contributed by atoms with E-state index >= 15 is 0 Å². The van der Waals surface area contributed by atoms with E-state index < -0.39 is 0 Å². The lowest BCUT2D eigenvalue weighted by Crippen LogP contribution is -1.91. The van der Waals surface area contributed by atoms with Crippen LogP contribution in [0.4, 0.5) is 5.82 Å². The van der Waals surface area contributed by atoms with E-state index in [1.807, 2.05) is 18.2 Å². The van der Waals surface area contributed by atoms with Crippen LogP contribution in [-0.4, -0.2) is 10.2 Å². The molecular weight excluding hydrogens is 326 g/mol. The van der Waals surface area contributed by atoms with E-state index in [1.165, 1.54) is 11.1 Å². The molecule has 0 unspecified atom stereocenters. The molecule has 0 saturated carbocycles. The Labute approximate surface area is 132 Å². The van der Waals surface area contributed by atoms with Gasteiger partial charge in [0.05, 0.1) is 11.3 Å². The minimum absolute atomic E-state index is 0.521. The van der Waals surface area contributed by atoms with Crippen LogP contribution >= 0.6 is 15.9 Å². The molecule has 0 bridgehead atoms. The number of benzene rings is 2. The summed E-state index contributed by atoms with van der Waals surface area (Å²) in [4.78, 5) is 0. The summed E-state index contributed by atoms with van der Waals surface area (Å²) in [6.07, 6.45) is 0. The average Bonchev–Trinajstić information content (AvgIpc) is 2.84. The van der Waals surface area contributed by atoms with E-state index in [9.17, 15) is 0 Å². The molecular formula is C17H16BrN3. The third-order valence-electron chi connectivity index (χ3n) is 3.60. The van der Waals surface area contributed by atoms with Gasteiger partial charge >= 0.3 is 0 Å². The summed E-state index contributed by atoms with van der Waals surface area (Å²) < 4.78 is 1.02. The summed E-state index contributed by atoms with van der Waals surface area (Å²) in [5.41, 5.74) is 12.5. The normalized spacial score (nSPS) is 10.8. The van der Waals surface area contributed by atoms with Gasteiger partial charge in [-0.2, -0.15) is 5.10 Å². The number of hydrogen-bond donors (Lipinski definition) is 2. The van der Waals surface area contributed by atoms with Crippen LogP contribution in [0.25, 0.3) is 22.4 Å². The number of hydrogen-bond acceptors (Lipinski definition) is 2. The molecule has 4 heteroatoms. The molecule has 0 amide bonds. The van der Waals surface area contributed by atoms with Gasteiger partial charge in [-0.25, -0.2) is 0 Å². The second-order valence-electron chi connectivity index (χ2n) is 5.16. The van der Waals surface area contributed by atoms with Crippen molar-refractivity contribution in [2.75, 3.05) is 5.73 Å². The van der Waals surface area contributed by atoms with Crippen LogP contribution < -0.4 is 5.73 Å². The fourth-order valence-corrected chi connectivity index (χ4v) is 2.95. The number of nitrogen functional groups attached to an aromatic ring is 1. The Morgan fingerprint density at radius 1 is 1.05 bits per heavy atom. The second kappa shape index (κ2) is 5.37. The maximum absolute atomic E-state index is 6.11. The van der Waals surface area contributed by atoms with E-state index in [0.29, 0.717) is 5.82 Å². The molecule has 0 fully saturated rings. The molecule has 3 rings (SSSR count). The van der Waals surface area contributed by atoms with Crippen LogP contribution in [0.2, 0.25) is 0 Å². The number of halogens is 1. The zero-order chi connectivity index (χ0) is 15.0. The molecule has 2 aromatic carbocycles. The number of H-pyrrole nitrogens is 1. The molecule has 0 saturated heterocycles. The molecule has 1 heterocycles. The molecule has 106 valence electrons. The van der Waals surface area contributed by atoms with Crippen molar-refractivity contribution >= 4 is 21.7 Å². The zero-order valence-electron chi connectivity index (χ0n) is 11.9. The molecule has 1 aromatic heterocycles. The molecule has 0 atom stereocenters. The van der Waals surface area contributed by atoms with Gasteiger partial charge in [-0.1, -0.05) is 51.8 Å². The summed E-state index contributed by atoms with van der Waals surface area (Å²) >= 11 is 3.61. The lowest BCUT2D eigenvalue weighted by molar-refractivity contribution is 1.10. The SMILES string of the molecule is Cc1ccc(Br)c(-c2[nH]nc(N)c2-c2ccccc2C)c1. The van der Waals surface area contributed by atoms with Gasteiger partial charge in [0.15, 0.2) is 5.82 Å². The van der Waals surface area contributed by atoms with Gasteiger partial charge in [0.25, 0.3) is 0 Å². The highest BCUT2D eigenvalue weighted by atomic mass is 79.9. The van der Waals surface area contributed by atoms with Gasteiger partial charge in [0.2, 0.25) is 0 Å². The van der Waals surface area contributed by atoms with Crippen LogP contribution in [0, 0.1) is 13.8 Å². The van der Waals surface area contributed by atoms with E-state index in [4.69, 9.17) is 5.73 Å². The molecule has 0 radical (unpaired) electrons. The highest BCUT2D eigenvalue weighted by Gasteiger charge is 2.17. The first-order valence-electron chi connectivity index (χ1n) is 6.74. The maximum Gasteiger partial charge on any atom is 0.153 e. The molecule has 21 heavy (non-hydrogen) atoms. The minimum atomic E-state index is 0.521. The zero-order valence-corrected chi connectivity index (χ0v) is 13.5. The molecule has 3 aromatic rings. The fraction of sp³-hybridized carbons (Fsp3) is 0.118. The van der Waals surface area contributed by atoms with Gasteiger partial charge in [0, 0.05) is 10.0 Å². The van der Waals surface area contributed by atoms with Crippen molar-refractivity contribution in [3.8, 4) is 22.4 Å². The number of aromatic amines is 1. The largest absolute Gasteiger partial charge is 0.382 e. The molecule has 0 aliphatic heterocycles. The molecule has 0 aliphatic rings. The van der Waals surface area contributed by atoms with Crippen molar-refractivity contribution in [3.63, 3.8) is 0 Å². The van der Waals surface area contributed by atoms with Crippen molar-refractivity contribution in [1.29, 1.82) is 0 Å². The number of rotatable bonds is 2. The Kier molecular flexibility index (Phi) is 3.55. The topological polar surface area (TPSA) is 54.7 Å². The van der Waals surface area contributed by atoms with Crippen LogP contribution in [0.3, 0.4) is 0 Å². The number of nitrogens with two attached hydrogens (primary N) is 1. The Morgan fingerprint density at radius 3 is 2.57 bits per heavy atom. The first-order chi connectivity index (χ1) is 10.1. The van der Waals surface area contributed by atoms with Crippen molar-refractivity contribution in [2.24, 2.45) is 0 Å². The summed E-state index contributed by atoms with van der Waals surface area (Å²) in [6.45, 7) is 4.15. The van der Waals surface area contributed by atoms with Crippen LogP contribution in [0.15, 0.2) is 46.9 Å². The van der Waals surface area contributed by atoms with Crippen molar-refractivity contribution in [2.45, 2.75) is 13.8 Å². The molecule has 0 spiro atoms. The van der Waals surface area contributed by atoms with Gasteiger partial charge < -0.3 is 5.73 Å². The third kappa shape index (κ3) is 2.47. The predicted molar refractivity (Wildman–Crippen MR) is 91.0 cm³/mol. The molecule has 3 nitrogen and oxygen atoms in total. The summed E-state index contributed by atoms with van der Waals surface area (Å²) in [6, 6.07) is 14.4. The number of anilines is 1. The maximum atomic E-state index is 6.11. The van der Waals surface area contributed by atoms with Gasteiger partial charge in [-0.15, -0.1) is 0 Å². The van der Waals surface area contributed by atoms with E-state index in [0.717, 1.165) is 26.9 Å². The first kappa shape index (κ1) is 13.9. The minimum Gasteiger partial charge on any atom is -0.382 e. The van der Waals surface area contributed by atoms with Crippen LogP contribution in [0.1, 0.15) is 11.1 Å². The number of nitrogens with zero attached hydrogens (tertiary/aromatic N) is 1. The van der Waals surface area contributed by atoms with Crippen molar-refractivity contribution < 1.29 is 0 Å².